The Balaban J connectivity index is 1.79. The molecule has 0 fully saturated rings. The highest BCUT2D eigenvalue weighted by molar-refractivity contribution is 7.99. The van der Waals surface area contributed by atoms with Gasteiger partial charge in [0.15, 0.2) is 0 Å². The van der Waals surface area contributed by atoms with Crippen LogP contribution in [0.3, 0.4) is 0 Å². The van der Waals surface area contributed by atoms with Crippen LogP contribution in [0, 0.1) is 0 Å². The molecule has 2 aromatic rings. The molecule has 2 atom stereocenters. The van der Waals surface area contributed by atoms with Gasteiger partial charge in [0, 0.05) is 20.9 Å². The number of hydrogen-bond acceptors (Lipinski definition) is 7. The third-order valence-corrected chi connectivity index (χ3v) is 5.18. The van der Waals surface area contributed by atoms with E-state index >= 15 is 0 Å². The Hall–Kier alpha value is -3.19. The maximum absolute atomic E-state index is 11.5. The second-order valence-corrected chi connectivity index (χ2v) is 8.81. The standard InChI is InChI=1S/C26H30O6S/c1-17(2)25(27)31-19(5)15-29-21-7-11-23(12-8-21)33-24-13-9-22(10-14-24)30-16-20(6)32-26(28)18(3)4/h7-14,19-20H,1,3,15-16H2,2,4-6H3. The quantitative estimate of drug-likeness (QED) is 0.295. The summed E-state index contributed by atoms with van der Waals surface area (Å²) in [6, 6.07) is 15.4. The molecule has 2 aromatic carbocycles. The first-order chi connectivity index (χ1) is 15.6. The lowest BCUT2D eigenvalue weighted by atomic mass is 10.3. The number of ether oxygens (including phenoxy) is 4. The summed E-state index contributed by atoms with van der Waals surface area (Å²) in [5, 5.41) is 0. The number of rotatable bonds is 12. The maximum Gasteiger partial charge on any atom is 0.333 e. The normalized spacial score (nSPS) is 12.2. The molecule has 0 aliphatic heterocycles. The van der Waals surface area contributed by atoms with E-state index < -0.39 is 11.9 Å². The average Bonchev–Trinajstić information content (AvgIpc) is 2.78. The van der Waals surface area contributed by atoms with Gasteiger partial charge in [-0.15, -0.1) is 0 Å². The fourth-order valence-corrected chi connectivity index (χ4v) is 3.22. The van der Waals surface area contributed by atoms with Crippen LogP contribution in [0.15, 0.2) is 82.6 Å². The van der Waals surface area contributed by atoms with E-state index in [2.05, 4.69) is 13.2 Å². The van der Waals surface area contributed by atoms with Crippen molar-refractivity contribution in [2.45, 2.75) is 49.7 Å². The van der Waals surface area contributed by atoms with E-state index in [0.29, 0.717) is 22.6 Å². The van der Waals surface area contributed by atoms with Crippen molar-refractivity contribution < 1.29 is 28.5 Å². The van der Waals surface area contributed by atoms with Gasteiger partial charge in [-0.1, -0.05) is 24.9 Å². The number of carbonyl (C=O) groups excluding carboxylic acids is 2. The van der Waals surface area contributed by atoms with Gasteiger partial charge in [-0.25, -0.2) is 9.59 Å². The summed E-state index contributed by atoms with van der Waals surface area (Å²) in [6.07, 6.45) is -0.741. The minimum atomic E-state index is -0.421. The highest BCUT2D eigenvalue weighted by atomic mass is 32.2. The van der Waals surface area contributed by atoms with Gasteiger partial charge in [0.25, 0.3) is 0 Å². The summed E-state index contributed by atoms with van der Waals surface area (Å²) < 4.78 is 21.8. The van der Waals surface area contributed by atoms with Crippen LogP contribution in [0.4, 0.5) is 0 Å². The molecule has 0 aromatic heterocycles. The fourth-order valence-electron chi connectivity index (χ4n) is 2.41. The van der Waals surface area contributed by atoms with Crippen LogP contribution in [0.2, 0.25) is 0 Å². The molecule has 0 bridgehead atoms. The molecule has 176 valence electrons. The molecule has 0 spiro atoms. The molecule has 0 amide bonds. The summed E-state index contributed by atoms with van der Waals surface area (Å²) in [5.41, 5.74) is 0.725. The largest absolute Gasteiger partial charge is 0.490 e. The maximum atomic E-state index is 11.5. The van der Waals surface area contributed by atoms with Gasteiger partial charge in [0.2, 0.25) is 0 Å². The van der Waals surface area contributed by atoms with E-state index in [9.17, 15) is 9.59 Å². The summed E-state index contributed by atoms with van der Waals surface area (Å²) >= 11 is 1.61. The van der Waals surface area contributed by atoms with Crippen LogP contribution in [0.1, 0.15) is 27.7 Å². The molecule has 0 N–H and O–H groups in total. The first-order valence-corrected chi connectivity index (χ1v) is 11.3. The molecular formula is C26H30O6S. The first-order valence-electron chi connectivity index (χ1n) is 10.5. The van der Waals surface area contributed by atoms with E-state index in [1.807, 2.05) is 48.5 Å². The number of carbonyl (C=O) groups is 2. The van der Waals surface area contributed by atoms with Crippen LogP contribution < -0.4 is 9.47 Å². The smallest absolute Gasteiger partial charge is 0.333 e. The van der Waals surface area contributed by atoms with Gasteiger partial charge in [-0.3, -0.25) is 0 Å². The first kappa shape index (κ1) is 26.1. The van der Waals surface area contributed by atoms with Gasteiger partial charge in [-0.05, 0) is 76.2 Å². The van der Waals surface area contributed by atoms with Gasteiger partial charge >= 0.3 is 11.9 Å². The third-order valence-electron chi connectivity index (χ3n) is 4.17. The van der Waals surface area contributed by atoms with Crippen LogP contribution in [0.5, 0.6) is 11.5 Å². The number of esters is 2. The van der Waals surface area contributed by atoms with Crippen LogP contribution in [-0.2, 0) is 19.1 Å². The SMILES string of the molecule is C=C(C)C(=O)OC(C)COc1ccc(Sc2ccc(OCC(C)OC(=O)C(=C)C)cc2)cc1. The molecule has 33 heavy (non-hydrogen) atoms. The second kappa shape index (κ2) is 12.7. The molecule has 0 saturated carbocycles. The topological polar surface area (TPSA) is 71.1 Å². The summed E-state index contributed by atoms with van der Waals surface area (Å²) in [6.45, 7) is 14.4. The zero-order chi connectivity index (χ0) is 24.4. The van der Waals surface area contributed by atoms with Crippen molar-refractivity contribution >= 4 is 23.7 Å². The molecule has 6 nitrogen and oxygen atoms in total. The summed E-state index contributed by atoms with van der Waals surface area (Å²) in [4.78, 5) is 25.2. The van der Waals surface area contributed by atoms with E-state index in [0.717, 1.165) is 9.79 Å². The van der Waals surface area contributed by atoms with Crippen molar-refractivity contribution in [3.05, 3.63) is 72.8 Å². The molecule has 2 rings (SSSR count). The van der Waals surface area contributed by atoms with E-state index in [1.54, 1.807) is 39.5 Å². The van der Waals surface area contributed by atoms with Crippen molar-refractivity contribution in [2.75, 3.05) is 13.2 Å². The molecule has 0 aliphatic rings. The summed E-state index contributed by atoms with van der Waals surface area (Å²) in [7, 11) is 0. The molecule has 2 unspecified atom stereocenters. The summed E-state index contributed by atoms with van der Waals surface area (Å²) in [5.74, 6) is 0.551. The molecule has 0 saturated heterocycles. The fraction of sp³-hybridized carbons (Fsp3) is 0.308. The van der Waals surface area contributed by atoms with Gasteiger partial charge in [0.05, 0.1) is 0 Å². The third kappa shape index (κ3) is 9.45. The Morgan fingerprint density at radius 1 is 0.727 bits per heavy atom. The van der Waals surface area contributed by atoms with Crippen molar-refractivity contribution in [2.24, 2.45) is 0 Å². The predicted octanol–water partition coefficient (Wildman–Crippen LogP) is 5.61. The Labute approximate surface area is 199 Å². The number of hydrogen-bond donors (Lipinski definition) is 0. The zero-order valence-electron chi connectivity index (χ0n) is 19.5. The Morgan fingerprint density at radius 3 is 1.36 bits per heavy atom. The number of benzene rings is 2. The van der Waals surface area contributed by atoms with Crippen molar-refractivity contribution in [1.29, 1.82) is 0 Å². The minimum Gasteiger partial charge on any atom is -0.490 e. The van der Waals surface area contributed by atoms with E-state index in [-0.39, 0.29) is 25.4 Å². The lowest BCUT2D eigenvalue weighted by Gasteiger charge is -2.15. The lowest BCUT2D eigenvalue weighted by Crippen LogP contribution is -2.22. The van der Waals surface area contributed by atoms with E-state index in [4.69, 9.17) is 18.9 Å². The average molecular weight is 471 g/mol. The molecule has 0 heterocycles. The molecule has 0 radical (unpaired) electrons. The van der Waals surface area contributed by atoms with Crippen molar-refractivity contribution in [1.82, 2.24) is 0 Å². The highest BCUT2D eigenvalue weighted by Crippen LogP contribution is 2.30. The second-order valence-electron chi connectivity index (χ2n) is 7.66. The molecular weight excluding hydrogens is 440 g/mol. The van der Waals surface area contributed by atoms with Crippen LogP contribution >= 0.6 is 11.8 Å². The Kier molecular flexibility index (Phi) is 10.1. The highest BCUT2D eigenvalue weighted by Gasteiger charge is 2.12. The van der Waals surface area contributed by atoms with Gasteiger partial charge in [0.1, 0.15) is 36.9 Å². The minimum absolute atomic E-state index is 0.262. The Morgan fingerprint density at radius 2 is 1.06 bits per heavy atom. The Bertz CT molecular complexity index is 886. The molecule has 7 heteroatoms. The van der Waals surface area contributed by atoms with Crippen molar-refractivity contribution in [3.63, 3.8) is 0 Å². The monoisotopic (exact) mass is 470 g/mol. The predicted molar refractivity (Wildman–Crippen MR) is 129 cm³/mol. The van der Waals surface area contributed by atoms with Crippen LogP contribution in [-0.4, -0.2) is 37.4 Å². The molecule has 0 aliphatic carbocycles. The lowest BCUT2D eigenvalue weighted by molar-refractivity contribution is -0.145. The zero-order valence-corrected chi connectivity index (χ0v) is 20.3. The van der Waals surface area contributed by atoms with Crippen LogP contribution in [0.25, 0.3) is 0 Å². The van der Waals surface area contributed by atoms with Gasteiger partial charge < -0.3 is 18.9 Å². The van der Waals surface area contributed by atoms with E-state index in [1.165, 1.54) is 0 Å². The van der Waals surface area contributed by atoms with Gasteiger partial charge in [-0.2, -0.15) is 0 Å². The van der Waals surface area contributed by atoms with Crippen molar-refractivity contribution in [3.8, 4) is 11.5 Å².